The molecular formula is C17H17N3O5. The van der Waals surface area contributed by atoms with E-state index in [0.717, 1.165) is 11.3 Å². The quantitative estimate of drug-likeness (QED) is 0.473. The van der Waals surface area contributed by atoms with Gasteiger partial charge in [-0.2, -0.15) is 5.10 Å². The molecule has 8 nitrogen and oxygen atoms in total. The number of nitrogens with one attached hydrogen (secondary N) is 1. The molecule has 2 aromatic rings. The molecule has 0 fully saturated rings. The second-order valence-corrected chi connectivity index (χ2v) is 5.00. The highest BCUT2D eigenvalue weighted by atomic mass is 16.6. The topological polar surface area (TPSA) is 103 Å². The van der Waals surface area contributed by atoms with Crippen LogP contribution in [0.4, 0.5) is 5.69 Å². The number of nitrogens with zero attached hydrogens (tertiary/aromatic N) is 2. The zero-order valence-electron chi connectivity index (χ0n) is 13.8. The Balaban J connectivity index is 1.85. The van der Waals surface area contributed by atoms with Crippen LogP contribution < -0.4 is 14.9 Å². The molecule has 130 valence electrons. The third-order valence-electron chi connectivity index (χ3n) is 3.27. The Bertz CT molecular complexity index is 770. The molecule has 0 heterocycles. The molecule has 1 amide bonds. The lowest BCUT2D eigenvalue weighted by Gasteiger charge is -2.06. The zero-order valence-corrected chi connectivity index (χ0v) is 13.8. The lowest BCUT2D eigenvalue weighted by molar-refractivity contribution is -0.384. The van der Waals surface area contributed by atoms with Crippen molar-refractivity contribution in [2.75, 3.05) is 13.7 Å². The van der Waals surface area contributed by atoms with Crippen LogP contribution in [0.2, 0.25) is 0 Å². The summed E-state index contributed by atoms with van der Waals surface area (Å²) in [6.45, 7) is 1.51. The lowest BCUT2D eigenvalue weighted by atomic mass is 10.1. The van der Waals surface area contributed by atoms with Crippen LogP contribution in [0.3, 0.4) is 0 Å². The van der Waals surface area contributed by atoms with E-state index in [1.807, 2.05) is 12.1 Å². The van der Waals surface area contributed by atoms with E-state index in [1.54, 1.807) is 26.2 Å². The molecule has 0 aliphatic carbocycles. The Morgan fingerprint density at radius 1 is 1.12 bits per heavy atom. The number of hydrogen-bond donors (Lipinski definition) is 1. The molecule has 0 bridgehead atoms. The van der Waals surface area contributed by atoms with Crippen molar-refractivity contribution in [2.24, 2.45) is 5.10 Å². The molecule has 0 saturated heterocycles. The van der Waals surface area contributed by atoms with Gasteiger partial charge < -0.3 is 9.47 Å². The van der Waals surface area contributed by atoms with Gasteiger partial charge in [-0.1, -0.05) is 0 Å². The monoisotopic (exact) mass is 343 g/mol. The molecule has 0 aliphatic heterocycles. The molecule has 0 aromatic heterocycles. The number of benzene rings is 2. The normalized spacial score (nSPS) is 10.9. The van der Waals surface area contributed by atoms with E-state index in [-0.39, 0.29) is 12.3 Å². The summed E-state index contributed by atoms with van der Waals surface area (Å²) in [6, 6.07) is 12.7. The Morgan fingerprint density at radius 3 is 2.28 bits per heavy atom. The first-order valence-corrected chi connectivity index (χ1v) is 7.34. The van der Waals surface area contributed by atoms with Crippen molar-refractivity contribution in [2.45, 2.75) is 6.92 Å². The van der Waals surface area contributed by atoms with Crippen molar-refractivity contribution in [1.82, 2.24) is 5.43 Å². The molecule has 2 rings (SSSR count). The van der Waals surface area contributed by atoms with Crippen LogP contribution >= 0.6 is 0 Å². The first-order valence-electron chi connectivity index (χ1n) is 7.34. The number of hydrogen-bond acceptors (Lipinski definition) is 6. The first kappa shape index (κ1) is 17.9. The second-order valence-electron chi connectivity index (χ2n) is 5.00. The Labute approximate surface area is 144 Å². The minimum atomic E-state index is -0.507. The van der Waals surface area contributed by atoms with Crippen molar-refractivity contribution in [3.8, 4) is 11.5 Å². The van der Waals surface area contributed by atoms with E-state index in [2.05, 4.69) is 10.5 Å². The number of rotatable bonds is 7. The standard InChI is InChI=1S/C17H17N3O5/c1-12(13-3-7-15(24-2)8-4-13)18-19-17(21)11-25-16-9-5-14(6-10-16)20(22)23/h3-10H,11H2,1-2H3,(H,19,21). The molecule has 1 N–H and O–H groups in total. The van der Waals surface area contributed by atoms with E-state index in [9.17, 15) is 14.9 Å². The summed E-state index contributed by atoms with van der Waals surface area (Å²) >= 11 is 0. The third-order valence-corrected chi connectivity index (χ3v) is 3.27. The van der Waals surface area contributed by atoms with Gasteiger partial charge in [0.15, 0.2) is 6.61 Å². The third kappa shape index (κ3) is 5.31. The van der Waals surface area contributed by atoms with Gasteiger partial charge in [0.2, 0.25) is 0 Å². The Kier molecular flexibility index (Phi) is 6.05. The van der Waals surface area contributed by atoms with Gasteiger partial charge in [-0.3, -0.25) is 14.9 Å². The van der Waals surface area contributed by atoms with Crippen LogP contribution in [0.15, 0.2) is 53.6 Å². The zero-order chi connectivity index (χ0) is 18.2. The minimum absolute atomic E-state index is 0.0449. The van der Waals surface area contributed by atoms with Gasteiger partial charge in [-0.05, 0) is 48.9 Å². The largest absolute Gasteiger partial charge is 0.497 e. The number of nitro groups is 1. The summed E-state index contributed by atoms with van der Waals surface area (Å²) < 4.78 is 10.3. The van der Waals surface area contributed by atoms with Crippen molar-refractivity contribution in [1.29, 1.82) is 0 Å². The highest BCUT2D eigenvalue weighted by molar-refractivity contribution is 5.99. The Morgan fingerprint density at radius 2 is 1.72 bits per heavy atom. The smallest absolute Gasteiger partial charge is 0.277 e. The van der Waals surface area contributed by atoms with E-state index in [0.29, 0.717) is 11.5 Å². The fourth-order valence-corrected chi connectivity index (χ4v) is 1.89. The van der Waals surface area contributed by atoms with E-state index >= 15 is 0 Å². The van der Waals surface area contributed by atoms with Crippen LogP contribution in [0.5, 0.6) is 11.5 Å². The number of carbonyl (C=O) groups excluding carboxylic acids is 1. The molecule has 0 spiro atoms. The number of hydrazone groups is 1. The van der Waals surface area contributed by atoms with Gasteiger partial charge in [0.1, 0.15) is 11.5 Å². The number of non-ortho nitro benzene ring substituents is 1. The molecule has 0 saturated carbocycles. The van der Waals surface area contributed by atoms with E-state index < -0.39 is 10.8 Å². The van der Waals surface area contributed by atoms with Crippen molar-refractivity contribution < 1.29 is 19.2 Å². The summed E-state index contributed by atoms with van der Waals surface area (Å²) in [5.74, 6) is 0.653. The van der Waals surface area contributed by atoms with Crippen LogP contribution in [0.1, 0.15) is 12.5 Å². The van der Waals surface area contributed by atoms with Gasteiger partial charge in [0.05, 0.1) is 17.7 Å². The van der Waals surface area contributed by atoms with Crippen molar-refractivity contribution >= 4 is 17.3 Å². The highest BCUT2D eigenvalue weighted by Gasteiger charge is 2.06. The summed E-state index contributed by atoms with van der Waals surface area (Å²) in [5.41, 5.74) is 3.82. The minimum Gasteiger partial charge on any atom is -0.497 e. The van der Waals surface area contributed by atoms with Gasteiger partial charge in [-0.25, -0.2) is 5.43 Å². The average molecular weight is 343 g/mol. The number of carbonyl (C=O) groups is 1. The van der Waals surface area contributed by atoms with E-state index in [1.165, 1.54) is 24.3 Å². The summed E-state index contributed by atoms with van der Waals surface area (Å²) in [6.07, 6.45) is 0. The van der Waals surface area contributed by atoms with Crippen LogP contribution in [0, 0.1) is 10.1 Å². The van der Waals surface area contributed by atoms with Crippen molar-refractivity contribution in [3.63, 3.8) is 0 Å². The fraction of sp³-hybridized carbons (Fsp3) is 0.176. The van der Waals surface area contributed by atoms with Gasteiger partial charge in [0.25, 0.3) is 11.6 Å². The van der Waals surface area contributed by atoms with Crippen LogP contribution in [0.25, 0.3) is 0 Å². The molecule has 0 aliphatic rings. The molecule has 25 heavy (non-hydrogen) atoms. The van der Waals surface area contributed by atoms with Gasteiger partial charge in [-0.15, -0.1) is 0 Å². The molecule has 2 aromatic carbocycles. The fourth-order valence-electron chi connectivity index (χ4n) is 1.89. The first-order chi connectivity index (χ1) is 12.0. The molecule has 0 unspecified atom stereocenters. The molecule has 8 heteroatoms. The SMILES string of the molecule is COc1ccc(C(C)=NNC(=O)COc2ccc([N+](=O)[O-])cc2)cc1. The van der Waals surface area contributed by atoms with E-state index in [4.69, 9.17) is 9.47 Å². The maximum absolute atomic E-state index is 11.8. The maximum atomic E-state index is 11.8. The number of amides is 1. The second kappa shape index (κ2) is 8.44. The number of methoxy groups -OCH3 is 1. The van der Waals surface area contributed by atoms with Crippen LogP contribution in [-0.4, -0.2) is 30.3 Å². The predicted octanol–water partition coefficient (Wildman–Crippen LogP) is 2.52. The molecule has 0 atom stereocenters. The molecular weight excluding hydrogens is 326 g/mol. The van der Waals surface area contributed by atoms with Crippen molar-refractivity contribution in [3.05, 3.63) is 64.2 Å². The maximum Gasteiger partial charge on any atom is 0.277 e. The average Bonchev–Trinajstić information content (AvgIpc) is 2.64. The van der Waals surface area contributed by atoms with Gasteiger partial charge >= 0.3 is 0 Å². The predicted molar refractivity (Wildman–Crippen MR) is 91.9 cm³/mol. The number of nitro benzene ring substituents is 1. The Hall–Kier alpha value is -3.42. The number of ether oxygens (including phenoxy) is 2. The molecule has 0 radical (unpaired) electrons. The lowest BCUT2D eigenvalue weighted by Crippen LogP contribution is -2.25. The highest BCUT2D eigenvalue weighted by Crippen LogP contribution is 2.17. The van der Waals surface area contributed by atoms with Gasteiger partial charge in [0, 0.05) is 12.1 Å². The summed E-state index contributed by atoms with van der Waals surface area (Å²) in [7, 11) is 1.58. The van der Waals surface area contributed by atoms with Crippen LogP contribution in [-0.2, 0) is 4.79 Å². The summed E-state index contributed by atoms with van der Waals surface area (Å²) in [5, 5.41) is 14.6. The summed E-state index contributed by atoms with van der Waals surface area (Å²) in [4.78, 5) is 21.8.